The van der Waals surface area contributed by atoms with Gasteiger partial charge in [0.1, 0.15) is 30.5 Å². The average Bonchev–Trinajstić information content (AvgIpc) is 2.82. The number of Topliss-reactive ketones (excluding diaryl/α,β-unsaturated/α-hetero) is 1. The number of phenols is 4. The van der Waals surface area contributed by atoms with Crippen molar-refractivity contribution < 1.29 is 54.8 Å². The standard InChI is InChI=1S/C23H26O11/c24-9-18-19(30)20(31)22-23(33-18)32-17(21(34-22)11-2-4-14(27)16(29)8-11)6-5-12(25)10-1-3-13(26)15(28)7-10/h1-4,7-8,17-24,26-31H,5-6,9H2/t17-,18?,19?,20?,21-,22-,23-/m1/s1. The van der Waals surface area contributed by atoms with Gasteiger partial charge in [0.15, 0.2) is 35.1 Å². The molecule has 2 aromatic rings. The molecule has 7 atom stereocenters. The van der Waals surface area contributed by atoms with E-state index in [0.29, 0.717) is 5.56 Å². The van der Waals surface area contributed by atoms with Crippen molar-refractivity contribution in [3.8, 4) is 23.0 Å². The predicted molar refractivity (Wildman–Crippen MR) is 113 cm³/mol. The molecule has 0 aliphatic carbocycles. The molecule has 0 amide bonds. The average molecular weight is 478 g/mol. The number of hydrogen-bond acceptors (Lipinski definition) is 11. The molecule has 2 heterocycles. The van der Waals surface area contributed by atoms with Crippen LogP contribution in [-0.4, -0.2) is 84.9 Å². The van der Waals surface area contributed by atoms with E-state index in [9.17, 15) is 40.5 Å². The van der Waals surface area contributed by atoms with Gasteiger partial charge in [0, 0.05) is 12.0 Å². The van der Waals surface area contributed by atoms with Crippen LogP contribution in [0.25, 0.3) is 0 Å². The normalized spacial score (nSPS) is 31.1. The summed E-state index contributed by atoms with van der Waals surface area (Å²) in [6.07, 6.45) is -7.92. The Bertz CT molecular complexity index is 1040. The first kappa shape index (κ1) is 24.2. The number of phenolic OH excluding ortho intramolecular Hbond substituents is 4. The summed E-state index contributed by atoms with van der Waals surface area (Å²) in [5.74, 6) is -1.88. The number of hydrogen-bond donors (Lipinski definition) is 7. The second kappa shape index (κ2) is 9.74. The molecule has 0 aromatic heterocycles. The van der Waals surface area contributed by atoms with Crippen LogP contribution in [0.5, 0.6) is 23.0 Å². The Balaban J connectivity index is 1.57. The molecule has 0 radical (unpaired) electrons. The highest BCUT2D eigenvalue weighted by Gasteiger charge is 2.51. The quantitative estimate of drug-likeness (QED) is 0.225. The van der Waals surface area contributed by atoms with Crippen LogP contribution in [0.1, 0.15) is 34.9 Å². The van der Waals surface area contributed by atoms with Crippen LogP contribution < -0.4 is 0 Å². The first-order valence-corrected chi connectivity index (χ1v) is 10.7. The van der Waals surface area contributed by atoms with Crippen LogP contribution in [0.3, 0.4) is 0 Å². The fraction of sp³-hybridized carbons (Fsp3) is 0.435. The van der Waals surface area contributed by atoms with Gasteiger partial charge in [-0.15, -0.1) is 0 Å². The maximum Gasteiger partial charge on any atom is 0.187 e. The van der Waals surface area contributed by atoms with Gasteiger partial charge in [0.25, 0.3) is 0 Å². The lowest BCUT2D eigenvalue weighted by molar-refractivity contribution is -0.369. The molecule has 2 aliphatic heterocycles. The molecule has 4 rings (SSSR count). The molecule has 34 heavy (non-hydrogen) atoms. The van der Waals surface area contributed by atoms with E-state index in [1.807, 2.05) is 0 Å². The summed E-state index contributed by atoms with van der Waals surface area (Å²) in [5.41, 5.74) is 0.566. The second-order valence-electron chi connectivity index (χ2n) is 8.32. The van der Waals surface area contributed by atoms with E-state index in [4.69, 9.17) is 14.2 Å². The van der Waals surface area contributed by atoms with Crippen LogP contribution in [0.2, 0.25) is 0 Å². The molecule has 7 N–H and O–H groups in total. The largest absolute Gasteiger partial charge is 0.504 e. The zero-order chi connectivity index (χ0) is 24.6. The highest BCUT2D eigenvalue weighted by molar-refractivity contribution is 5.96. The molecule has 11 nitrogen and oxygen atoms in total. The fourth-order valence-corrected chi connectivity index (χ4v) is 4.16. The predicted octanol–water partition coefficient (Wildman–Crippen LogP) is 0.436. The Hall–Kier alpha value is -2.93. The molecular formula is C23H26O11. The van der Waals surface area contributed by atoms with Crippen LogP contribution >= 0.6 is 0 Å². The van der Waals surface area contributed by atoms with Crippen LogP contribution in [-0.2, 0) is 14.2 Å². The zero-order valence-corrected chi connectivity index (χ0v) is 17.9. The summed E-state index contributed by atoms with van der Waals surface area (Å²) in [6.45, 7) is -0.562. The number of aromatic hydroxyl groups is 4. The summed E-state index contributed by atoms with van der Waals surface area (Å²) in [7, 11) is 0. The van der Waals surface area contributed by atoms with Gasteiger partial charge >= 0.3 is 0 Å². The highest BCUT2D eigenvalue weighted by Crippen LogP contribution is 2.41. The van der Waals surface area contributed by atoms with Crippen LogP contribution in [0.15, 0.2) is 36.4 Å². The third-order valence-corrected chi connectivity index (χ3v) is 6.06. The number of carbonyl (C=O) groups is 1. The van der Waals surface area contributed by atoms with Crippen molar-refractivity contribution >= 4 is 5.78 Å². The van der Waals surface area contributed by atoms with E-state index in [0.717, 1.165) is 6.07 Å². The van der Waals surface area contributed by atoms with E-state index < -0.39 is 61.0 Å². The van der Waals surface area contributed by atoms with Gasteiger partial charge in [-0.05, 0) is 42.3 Å². The molecule has 2 saturated heterocycles. The first-order valence-electron chi connectivity index (χ1n) is 10.7. The maximum atomic E-state index is 12.7. The SMILES string of the molecule is O=C(CC[C@H]1O[C@@H]2OC(CO)C(O)C(O)[C@H]2O[C@@H]1c1ccc(O)c(O)c1)c1ccc(O)c(O)c1. The van der Waals surface area contributed by atoms with Crippen molar-refractivity contribution in [1.82, 2.24) is 0 Å². The minimum Gasteiger partial charge on any atom is -0.504 e. The number of fused-ring (bicyclic) bond motifs is 1. The van der Waals surface area contributed by atoms with Gasteiger partial charge in [0.2, 0.25) is 0 Å². The molecule has 3 unspecified atom stereocenters. The van der Waals surface area contributed by atoms with E-state index >= 15 is 0 Å². The number of aliphatic hydroxyl groups excluding tert-OH is 3. The first-order chi connectivity index (χ1) is 16.2. The van der Waals surface area contributed by atoms with Crippen LogP contribution in [0, 0.1) is 0 Å². The van der Waals surface area contributed by atoms with Crippen molar-refractivity contribution in [1.29, 1.82) is 0 Å². The number of aliphatic hydroxyl groups is 3. The Labute approximate surface area is 194 Å². The second-order valence-corrected chi connectivity index (χ2v) is 8.32. The number of rotatable bonds is 6. The third kappa shape index (κ3) is 4.67. The lowest BCUT2D eigenvalue weighted by Gasteiger charge is -2.48. The monoisotopic (exact) mass is 478 g/mol. The summed E-state index contributed by atoms with van der Waals surface area (Å²) < 4.78 is 17.6. The Kier molecular flexibility index (Phi) is 6.94. The molecule has 0 spiro atoms. The fourth-order valence-electron chi connectivity index (χ4n) is 4.16. The van der Waals surface area contributed by atoms with Crippen molar-refractivity contribution in [3.63, 3.8) is 0 Å². The Morgan fingerprint density at radius 2 is 1.44 bits per heavy atom. The summed E-state index contributed by atoms with van der Waals surface area (Å²) >= 11 is 0. The van der Waals surface area contributed by atoms with Crippen molar-refractivity contribution in [3.05, 3.63) is 47.5 Å². The van der Waals surface area contributed by atoms with Gasteiger partial charge < -0.3 is 50.0 Å². The van der Waals surface area contributed by atoms with Gasteiger partial charge in [-0.2, -0.15) is 0 Å². The lowest BCUT2D eigenvalue weighted by Crippen LogP contribution is -2.63. The summed E-state index contributed by atoms with van der Waals surface area (Å²) in [5, 5.41) is 68.8. The van der Waals surface area contributed by atoms with Crippen molar-refractivity contribution in [2.75, 3.05) is 6.61 Å². The topological polar surface area (TPSA) is 186 Å². The minimum absolute atomic E-state index is 0.0508. The molecule has 0 saturated carbocycles. The molecule has 2 fully saturated rings. The smallest absolute Gasteiger partial charge is 0.187 e. The van der Waals surface area contributed by atoms with E-state index in [-0.39, 0.29) is 35.7 Å². The minimum atomic E-state index is -1.44. The highest BCUT2D eigenvalue weighted by atomic mass is 16.7. The van der Waals surface area contributed by atoms with E-state index in [1.54, 1.807) is 0 Å². The molecule has 184 valence electrons. The Morgan fingerprint density at radius 1 is 0.794 bits per heavy atom. The number of ketones is 1. The molecule has 2 aromatic carbocycles. The van der Waals surface area contributed by atoms with Crippen molar-refractivity contribution in [2.24, 2.45) is 0 Å². The molecule has 11 heteroatoms. The molecule has 2 aliphatic rings. The maximum absolute atomic E-state index is 12.7. The van der Waals surface area contributed by atoms with Gasteiger partial charge in [-0.3, -0.25) is 4.79 Å². The van der Waals surface area contributed by atoms with E-state index in [2.05, 4.69) is 0 Å². The number of benzene rings is 2. The van der Waals surface area contributed by atoms with Gasteiger partial charge in [0.05, 0.1) is 12.7 Å². The molecule has 0 bridgehead atoms. The van der Waals surface area contributed by atoms with Crippen LogP contribution in [0.4, 0.5) is 0 Å². The van der Waals surface area contributed by atoms with Gasteiger partial charge in [-0.1, -0.05) is 6.07 Å². The lowest BCUT2D eigenvalue weighted by atomic mass is 9.93. The van der Waals surface area contributed by atoms with Gasteiger partial charge in [-0.25, -0.2) is 0 Å². The van der Waals surface area contributed by atoms with Crippen molar-refractivity contribution in [2.45, 2.75) is 55.8 Å². The summed E-state index contributed by atoms with van der Waals surface area (Å²) in [6, 6.07) is 7.72. The van der Waals surface area contributed by atoms with E-state index in [1.165, 1.54) is 30.3 Å². The number of ether oxygens (including phenoxy) is 3. The third-order valence-electron chi connectivity index (χ3n) is 6.06. The summed E-state index contributed by atoms with van der Waals surface area (Å²) in [4.78, 5) is 12.7. The Morgan fingerprint density at radius 3 is 2.09 bits per heavy atom. The number of carbonyl (C=O) groups excluding carboxylic acids is 1. The molecular weight excluding hydrogens is 452 g/mol. The zero-order valence-electron chi connectivity index (χ0n) is 17.9.